The van der Waals surface area contributed by atoms with Crippen LogP contribution >= 0.6 is 0 Å². The third kappa shape index (κ3) is 2.85. The smallest absolute Gasteiger partial charge is 0.311 e. The number of carbonyl (C=O) groups excluding carboxylic acids is 2. The van der Waals surface area contributed by atoms with Crippen LogP contribution in [-0.2, 0) is 14.3 Å². The molecular weight excluding hydrogens is 330 g/mol. The van der Waals surface area contributed by atoms with E-state index in [4.69, 9.17) is 4.74 Å². The van der Waals surface area contributed by atoms with Gasteiger partial charge in [-0.25, -0.2) is 0 Å². The summed E-state index contributed by atoms with van der Waals surface area (Å²) in [5.74, 6) is 1.58. The molecule has 146 valence electrons. The Kier molecular flexibility index (Phi) is 4.55. The summed E-state index contributed by atoms with van der Waals surface area (Å²) in [5, 5.41) is 6.77. The summed E-state index contributed by atoms with van der Waals surface area (Å²) >= 11 is 0. The first-order chi connectivity index (χ1) is 12.4. The number of hydrogen-bond donors (Lipinski definition) is 2. The highest BCUT2D eigenvalue weighted by atomic mass is 16.5. The van der Waals surface area contributed by atoms with Crippen LogP contribution in [0.5, 0.6) is 0 Å². The molecule has 0 radical (unpaired) electrons. The Balaban J connectivity index is 1.46. The van der Waals surface area contributed by atoms with Crippen LogP contribution in [0.1, 0.15) is 46.0 Å². The Labute approximate surface area is 156 Å². The molecule has 1 saturated heterocycles. The van der Waals surface area contributed by atoms with E-state index in [9.17, 15) is 9.59 Å². The SMILES string of the molecule is COC(=O)C12CC3CC(C1)C(NC(=O)C(C)(C)N1CCNCC1)C(C3)C2. The summed E-state index contributed by atoms with van der Waals surface area (Å²) < 4.78 is 5.15. The van der Waals surface area contributed by atoms with Gasteiger partial charge in [0.1, 0.15) is 0 Å². The summed E-state index contributed by atoms with van der Waals surface area (Å²) in [6.07, 6.45) is 5.04. The Morgan fingerprint density at radius 3 is 2.31 bits per heavy atom. The molecule has 0 aromatic rings. The first-order valence-electron chi connectivity index (χ1n) is 10.2. The summed E-state index contributed by atoms with van der Waals surface area (Å²) in [7, 11) is 1.51. The highest BCUT2D eigenvalue weighted by Gasteiger charge is 2.59. The second-order valence-corrected chi connectivity index (χ2v) is 9.54. The van der Waals surface area contributed by atoms with Crippen molar-refractivity contribution in [2.75, 3.05) is 33.3 Å². The van der Waals surface area contributed by atoms with Gasteiger partial charge < -0.3 is 15.4 Å². The van der Waals surface area contributed by atoms with Crippen LogP contribution in [0.3, 0.4) is 0 Å². The molecule has 1 aliphatic heterocycles. The lowest BCUT2D eigenvalue weighted by Crippen LogP contribution is -2.66. The molecule has 2 unspecified atom stereocenters. The first kappa shape index (κ1) is 18.2. The van der Waals surface area contributed by atoms with E-state index in [1.807, 2.05) is 13.8 Å². The molecule has 5 aliphatic rings. The Hall–Kier alpha value is -1.14. The number of rotatable bonds is 4. The van der Waals surface area contributed by atoms with Gasteiger partial charge in [-0.15, -0.1) is 0 Å². The topological polar surface area (TPSA) is 70.7 Å². The lowest BCUT2D eigenvalue weighted by Gasteiger charge is -2.59. The van der Waals surface area contributed by atoms with Gasteiger partial charge in [-0.1, -0.05) is 0 Å². The maximum Gasteiger partial charge on any atom is 0.311 e. The molecule has 1 amide bonds. The fourth-order valence-corrected chi connectivity index (χ4v) is 6.42. The predicted molar refractivity (Wildman–Crippen MR) is 98.5 cm³/mol. The summed E-state index contributed by atoms with van der Waals surface area (Å²) in [5.41, 5.74) is -0.767. The van der Waals surface area contributed by atoms with Crippen molar-refractivity contribution in [2.24, 2.45) is 23.2 Å². The van der Waals surface area contributed by atoms with Gasteiger partial charge in [-0.05, 0) is 63.7 Å². The van der Waals surface area contributed by atoms with Crippen molar-refractivity contribution in [3.8, 4) is 0 Å². The van der Waals surface area contributed by atoms with Crippen molar-refractivity contribution in [1.29, 1.82) is 0 Å². The number of nitrogens with zero attached hydrogens (tertiary/aromatic N) is 1. The maximum absolute atomic E-state index is 13.2. The molecule has 6 heteroatoms. The van der Waals surface area contributed by atoms with E-state index < -0.39 is 5.54 Å². The number of esters is 1. The zero-order valence-electron chi connectivity index (χ0n) is 16.3. The average Bonchev–Trinajstić information content (AvgIpc) is 2.63. The highest BCUT2D eigenvalue weighted by molar-refractivity contribution is 5.86. The minimum atomic E-state index is -0.489. The van der Waals surface area contributed by atoms with Crippen molar-refractivity contribution >= 4 is 11.9 Å². The second kappa shape index (κ2) is 6.48. The van der Waals surface area contributed by atoms with Crippen LogP contribution in [0.15, 0.2) is 0 Å². The molecule has 4 aliphatic carbocycles. The molecule has 1 heterocycles. The zero-order chi connectivity index (χ0) is 18.5. The minimum absolute atomic E-state index is 0.0252. The molecule has 4 saturated carbocycles. The monoisotopic (exact) mass is 363 g/mol. The van der Waals surface area contributed by atoms with Crippen molar-refractivity contribution in [2.45, 2.75) is 57.5 Å². The van der Waals surface area contributed by atoms with E-state index in [0.717, 1.165) is 58.3 Å². The largest absolute Gasteiger partial charge is 0.469 e. The van der Waals surface area contributed by atoms with Crippen LogP contribution in [0.4, 0.5) is 0 Å². The van der Waals surface area contributed by atoms with Crippen LogP contribution in [0.25, 0.3) is 0 Å². The molecule has 26 heavy (non-hydrogen) atoms. The average molecular weight is 364 g/mol. The number of hydrogen-bond acceptors (Lipinski definition) is 5. The lowest BCUT2D eigenvalue weighted by molar-refractivity contribution is -0.171. The Morgan fingerprint density at radius 1 is 1.12 bits per heavy atom. The molecule has 4 bridgehead atoms. The third-order valence-corrected chi connectivity index (χ3v) is 7.65. The zero-order valence-corrected chi connectivity index (χ0v) is 16.3. The maximum atomic E-state index is 13.2. The highest BCUT2D eigenvalue weighted by Crippen LogP contribution is 2.60. The van der Waals surface area contributed by atoms with Crippen molar-refractivity contribution in [3.05, 3.63) is 0 Å². The number of piperazine rings is 1. The van der Waals surface area contributed by atoms with Gasteiger partial charge in [-0.2, -0.15) is 0 Å². The van der Waals surface area contributed by atoms with Gasteiger partial charge in [0.25, 0.3) is 0 Å². The summed E-state index contributed by atoms with van der Waals surface area (Å²) in [6, 6.07) is 0.221. The summed E-state index contributed by atoms with van der Waals surface area (Å²) in [6.45, 7) is 7.78. The molecule has 0 spiro atoms. The van der Waals surface area contributed by atoms with Gasteiger partial charge in [-0.3, -0.25) is 14.5 Å². The van der Waals surface area contributed by atoms with Gasteiger partial charge in [0.05, 0.1) is 18.1 Å². The van der Waals surface area contributed by atoms with Crippen LogP contribution in [0.2, 0.25) is 0 Å². The number of ether oxygens (including phenoxy) is 1. The Bertz CT molecular complexity index is 569. The van der Waals surface area contributed by atoms with Crippen molar-refractivity contribution in [1.82, 2.24) is 15.5 Å². The van der Waals surface area contributed by atoms with Crippen molar-refractivity contribution < 1.29 is 14.3 Å². The molecule has 0 aromatic carbocycles. The first-order valence-corrected chi connectivity index (χ1v) is 10.2. The standard InChI is InChI=1S/C20H33N3O3/c1-19(2,23-6-4-21-5-7-23)17(24)22-16-14-8-13-9-15(16)12-20(10-13,11-14)18(25)26-3/h13-16,21H,4-12H2,1-3H3,(H,22,24). The van der Waals surface area contributed by atoms with E-state index in [-0.39, 0.29) is 23.3 Å². The minimum Gasteiger partial charge on any atom is -0.469 e. The fourth-order valence-electron chi connectivity index (χ4n) is 6.42. The number of nitrogens with one attached hydrogen (secondary N) is 2. The molecule has 5 fully saturated rings. The molecule has 0 aromatic heterocycles. The van der Waals surface area contributed by atoms with E-state index in [0.29, 0.717) is 17.8 Å². The summed E-state index contributed by atoms with van der Waals surface area (Å²) in [4.78, 5) is 27.9. The quantitative estimate of drug-likeness (QED) is 0.734. The number of amides is 1. The van der Waals surface area contributed by atoms with Crippen LogP contribution in [0, 0.1) is 23.2 Å². The van der Waals surface area contributed by atoms with E-state index in [1.54, 1.807) is 0 Å². The van der Waals surface area contributed by atoms with E-state index >= 15 is 0 Å². The van der Waals surface area contributed by atoms with Gasteiger partial charge >= 0.3 is 5.97 Å². The van der Waals surface area contributed by atoms with Gasteiger partial charge in [0.15, 0.2) is 0 Å². The van der Waals surface area contributed by atoms with Crippen LogP contribution in [-0.4, -0.2) is 61.6 Å². The molecule has 5 rings (SSSR count). The predicted octanol–water partition coefficient (Wildman–Crippen LogP) is 1.15. The van der Waals surface area contributed by atoms with Gasteiger partial charge in [0.2, 0.25) is 5.91 Å². The third-order valence-electron chi connectivity index (χ3n) is 7.65. The molecule has 6 nitrogen and oxygen atoms in total. The van der Waals surface area contributed by atoms with Crippen LogP contribution < -0.4 is 10.6 Å². The van der Waals surface area contributed by atoms with Crippen molar-refractivity contribution in [3.63, 3.8) is 0 Å². The normalized spacial score (nSPS) is 39.7. The van der Waals surface area contributed by atoms with Gasteiger partial charge in [0, 0.05) is 32.2 Å². The number of carbonyl (C=O) groups is 2. The lowest BCUT2D eigenvalue weighted by atomic mass is 9.48. The number of methoxy groups -OCH3 is 1. The van der Waals surface area contributed by atoms with E-state index in [1.165, 1.54) is 7.11 Å². The molecule has 2 atom stereocenters. The fraction of sp³-hybridized carbons (Fsp3) is 0.900. The van der Waals surface area contributed by atoms with E-state index in [2.05, 4.69) is 15.5 Å². The second-order valence-electron chi connectivity index (χ2n) is 9.54. The Morgan fingerprint density at radius 2 is 1.73 bits per heavy atom. The molecule has 2 N–H and O–H groups in total. The molecular formula is C20H33N3O3.